The highest BCUT2D eigenvalue weighted by Crippen LogP contribution is 2.32. The van der Waals surface area contributed by atoms with Crippen LogP contribution in [0.25, 0.3) is 0 Å². The van der Waals surface area contributed by atoms with E-state index in [1.165, 1.54) is 0 Å². The molecule has 0 spiro atoms. The van der Waals surface area contributed by atoms with Crippen molar-refractivity contribution in [3.63, 3.8) is 0 Å². The minimum atomic E-state index is -0.0788. The molecule has 1 saturated carbocycles. The summed E-state index contributed by atoms with van der Waals surface area (Å²) in [5.41, 5.74) is 1.71. The van der Waals surface area contributed by atoms with Crippen LogP contribution in [0.15, 0.2) is 17.1 Å². The topological polar surface area (TPSA) is 74.0 Å². The van der Waals surface area contributed by atoms with Crippen LogP contribution in [0.3, 0.4) is 0 Å². The number of H-pyrrole nitrogens is 1. The maximum Gasteiger partial charge on any atom is 0.251 e. The summed E-state index contributed by atoms with van der Waals surface area (Å²) < 4.78 is 0. The van der Waals surface area contributed by atoms with E-state index in [1.54, 1.807) is 6.20 Å². The lowest BCUT2D eigenvalue weighted by molar-refractivity contribution is -0.126. The molecule has 0 aromatic carbocycles. The third-order valence-corrected chi connectivity index (χ3v) is 4.39. The summed E-state index contributed by atoms with van der Waals surface area (Å²) >= 11 is 0. The number of hydrogen-bond donors (Lipinski definition) is 3. The number of carbonyl (C=O) groups excluding carboxylic acids is 1. The number of carbonyl (C=O) groups is 1. The highest BCUT2D eigenvalue weighted by Gasteiger charge is 2.35. The lowest BCUT2D eigenvalue weighted by Crippen LogP contribution is -2.45. The van der Waals surface area contributed by atoms with Gasteiger partial charge in [0.2, 0.25) is 5.91 Å². The first-order valence-electron chi connectivity index (χ1n) is 7.36. The van der Waals surface area contributed by atoms with Crippen LogP contribution < -0.4 is 16.2 Å². The Balaban J connectivity index is 1.85. The number of aromatic nitrogens is 1. The zero-order valence-corrected chi connectivity index (χ0v) is 11.7. The average Bonchev–Trinajstić information content (AvgIpc) is 3.26. The number of aromatic amines is 1. The zero-order valence-electron chi connectivity index (χ0n) is 11.7. The van der Waals surface area contributed by atoms with Crippen LogP contribution in [0, 0.1) is 12.8 Å². The second kappa shape index (κ2) is 5.40. The molecule has 5 nitrogen and oxygen atoms in total. The quantitative estimate of drug-likeness (QED) is 0.758. The van der Waals surface area contributed by atoms with Gasteiger partial charge in [-0.2, -0.15) is 0 Å². The Labute approximate surface area is 118 Å². The van der Waals surface area contributed by atoms with Gasteiger partial charge in [-0.15, -0.1) is 0 Å². The van der Waals surface area contributed by atoms with E-state index in [0.29, 0.717) is 12.6 Å². The summed E-state index contributed by atoms with van der Waals surface area (Å²) in [4.78, 5) is 26.9. The highest BCUT2D eigenvalue weighted by molar-refractivity contribution is 5.80. The molecule has 20 heavy (non-hydrogen) atoms. The van der Waals surface area contributed by atoms with Gasteiger partial charge in [-0.3, -0.25) is 9.59 Å². The van der Waals surface area contributed by atoms with Crippen molar-refractivity contribution in [2.75, 3.05) is 13.1 Å². The van der Waals surface area contributed by atoms with Gasteiger partial charge < -0.3 is 15.6 Å². The van der Waals surface area contributed by atoms with E-state index in [9.17, 15) is 9.59 Å². The van der Waals surface area contributed by atoms with E-state index >= 15 is 0 Å². The van der Waals surface area contributed by atoms with E-state index in [4.69, 9.17) is 0 Å². The number of nitrogens with one attached hydrogen (secondary N) is 3. The Kier molecular flexibility index (Phi) is 3.61. The van der Waals surface area contributed by atoms with E-state index in [-0.39, 0.29) is 23.3 Å². The number of rotatable bonds is 3. The fraction of sp³-hybridized carbons (Fsp3) is 0.600. The zero-order chi connectivity index (χ0) is 14.1. The first-order chi connectivity index (χ1) is 9.66. The molecular weight excluding hydrogens is 254 g/mol. The summed E-state index contributed by atoms with van der Waals surface area (Å²) in [5, 5.41) is 6.39. The van der Waals surface area contributed by atoms with Gasteiger partial charge in [0, 0.05) is 24.3 Å². The molecule has 0 radical (unpaired) electrons. The Morgan fingerprint density at radius 3 is 2.90 bits per heavy atom. The summed E-state index contributed by atoms with van der Waals surface area (Å²) in [6, 6.07) is 2.33. The molecule has 1 aliphatic carbocycles. The van der Waals surface area contributed by atoms with E-state index in [1.807, 2.05) is 13.0 Å². The van der Waals surface area contributed by atoms with Crippen molar-refractivity contribution in [3.05, 3.63) is 33.7 Å². The van der Waals surface area contributed by atoms with Crippen molar-refractivity contribution in [3.8, 4) is 0 Å². The van der Waals surface area contributed by atoms with Gasteiger partial charge in [-0.1, -0.05) is 0 Å². The molecule has 2 atom stereocenters. The normalized spacial score (nSPS) is 26.2. The van der Waals surface area contributed by atoms with Gasteiger partial charge in [-0.25, -0.2) is 0 Å². The fourth-order valence-electron chi connectivity index (χ4n) is 3.02. The third-order valence-electron chi connectivity index (χ3n) is 4.39. The summed E-state index contributed by atoms with van der Waals surface area (Å²) in [7, 11) is 0. The predicted octanol–water partition coefficient (Wildman–Crippen LogP) is 0.655. The van der Waals surface area contributed by atoms with Gasteiger partial charge in [0.15, 0.2) is 0 Å². The molecule has 1 aromatic rings. The first-order valence-corrected chi connectivity index (χ1v) is 7.36. The molecule has 5 heteroatoms. The monoisotopic (exact) mass is 275 g/mol. The van der Waals surface area contributed by atoms with Crippen LogP contribution in [0.2, 0.25) is 0 Å². The van der Waals surface area contributed by atoms with Crippen molar-refractivity contribution < 1.29 is 4.79 Å². The fourth-order valence-corrected chi connectivity index (χ4v) is 3.02. The Morgan fingerprint density at radius 2 is 2.15 bits per heavy atom. The van der Waals surface area contributed by atoms with Crippen LogP contribution in [0.4, 0.5) is 0 Å². The lowest BCUT2D eigenvalue weighted by Gasteiger charge is -2.32. The van der Waals surface area contributed by atoms with Gasteiger partial charge in [0.1, 0.15) is 0 Å². The van der Waals surface area contributed by atoms with Crippen molar-refractivity contribution in [2.24, 2.45) is 5.92 Å². The third kappa shape index (κ3) is 2.63. The molecule has 1 amide bonds. The van der Waals surface area contributed by atoms with E-state index in [2.05, 4.69) is 15.6 Å². The summed E-state index contributed by atoms with van der Waals surface area (Å²) in [6.07, 6.45) is 4.77. The molecule has 1 saturated heterocycles. The van der Waals surface area contributed by atoms with Crippen LogP contribution in [0.5, 0.6) is 0 Å². The van der Waals surface area contributed by atoms with Crippen LogP contribution >= 0.6 is 0 Å². The van der Waals surface area contributed by atoms with Gasteiger partial charge in [-0.05, 0) is 50.3 Å². The predicted molar refractivity (Wildman–Crippen MR) is 76.7 cm³/mol. The molecular formula is C15H21N3O2. The largest absolute Gasteiger partial charge is 0.353 e. The number of piperidine rings is 1. The molecule has 0 bridgehead atoms. The molecule has 2 aliphatic rings. The Hall–Kier alpha value is -1.62. The molecule has 3 N–H and O–H groups in total. The minimum Gasteiger partial charge on any atom is -0.353 e. The SMILES string of the molecule is Cc1c(C2CCNCC2C(=O)NC2CC2)cc[nH]c1=O. The summed E-state index contributed by atoms with van der Waals surface area (Å²) in [5.74, 6) is 0.187. The molecule has 1 aromatic heterocycles. The minimum absolute atomic E-state index is 0.0533. The van der Waals surface area contributed by atoms with Crippen LogP contribution in [0.1, 0.15) is 36.3 Å². The lowest BCUT2D eigenvalue weighted by atomic mass is 9.79. The van der Waals surface area contributed by atoms with Gasteiger partial charge in [0.05, 0.1) is 5.92 Å². The second-order valence-corrected chi connectivity index (χ2v) is 5.88. The average molecular weight is 275 g/mol. The molecule has 2 fully saturated rings. The van der Waals surface area contributed by atoms with Crippen molar-refractivity contribution in [1.29, 1.82) is 0 Å². The second-order valence-electron chi connectivity index (χ2n) is 5.88. The number of pyridine rings is 1. The Morgan fingerprint density at radius 1 is 1.35 bits per heavy atom. The summed E-state index contributed by atoms with van der Waals surface area (Å²) in [6.45, 7) is 3.42. The van der Waals surface area contributed by atoms with Gasteiger partial charge >= 0.3 is 0 Å². The number of hydrogen-bond acceptors (Lipinski definition) is 3. The van der Waals surface area contributed by atoms with Crippen molar-refractivity contribution in [1.82, 2.24) is 15.6 Å². The van der Waals surface area contributed by atoms with Crippen molar-refractivity contribution >= 4 is 5.91 Å². The molecule has 108 valence electrons. The molecule has 2 unspecified atom stereocenters. The molecule has 2 heterocycles. The number of amides is 1. The smallest absolute Gasteiger partial charge is 0.251 e. The maximum absolute atomic E-state index is 12.4. The molecule has 3 rings (SSSR count). The maximum atomic E-state index is 12.4. The van der Waals surface area contributed by atoms with Crippen molar-refractivity contribution in [2.45, 2.75) is 38.1 Å². The molecule has 1 aliphatic heterocycles. The Bertz CT molecular complexity index is 562. The van der Waals surface area contributed by atoms with E-state index in [0.717, 1.165) is 36.9 Å². The first kappa shape index (κ1) is 13.4. The van der Waals surface area contributed by atoms with Gasteiger partial charge in [0.25, 0.3) is 5.56 Å². The van der Waals surface area contributed by atoms with Crippen LogP contribution in [-0.4, -0.2) is 30.0 Å². The van der Waals surface area contributed by atoms with E-state index < -0.39 is 0 Å². The standard InChI is InChI=1S/C15H21N3O2/c1-9-11(5-7-17-14(9)19)12-4-6-16-8-13(12)15(20)18-10-2-3-10/h5,7,10,12-13,16H,2-4,6,8H2,1H3,(H,17,19)(H,18,20). The van der Waals surface area contributed by atoms with Crippen LogP contribution in [-0.2, 0) is 4.79 Å². The highest BCUT2D eigenvalue weighted by atomic mass is 16.2.